The van der Waals surface area contributed by atoms with Crippen molar-refractivity contribution in [3.05, 3.63) is 39.2 Å². The Balaban J connectivity index is 2.36. The average Bonchev–Trinajstić information content (AvgIpc) is 2.28. The molecule has 0 saturated carbocycles. The van der Waals surface area contributed by atoms with Gasteiger partial charge in [0.25, 0.3) is 0 Å². The number of aromatic hydroxyl groups is 1. The van der Waals surface area contributed by atoms with Gasteiger partial charge in [-0.2, -0.15) is 0 Å². The van der Waals surface area contributed by atoms with Crippen LogP contribution in [-0.4, -0.2) is 18.2 Å². The quantitative estimate of drug-likeness (QED) is 0.804. The summed E-state index contributed by atoms with van der Waals surface area (Å²) < 4.78 is 5.89. The second-order valence-electron chi connectivity index (χ2n) is 4.86. The van der Waals surface area contributed by atoms with E-state index in [1.54, 1.807) is 26.0 Å². The van der Waals surface area contributed by atoms with Gasteiger partial charge in [-0.3, -0.25) is 4.79 Å². The van der Waals surface area contributed by atoms with Crippen LogP contribution in [0.15, 0.2) is 21.3 Å². The Morgan fingerprint density at radius 3 is 2.61 bits per heavy atom. The molecule has 2 N–H and O–H groups in total. The maximum Gasteiger partial charge on any atom is 0.195 e. The predicted octanol–water partition coefficient (Wildman–Crippen LogP) is 1.80. The van der Waals surface area contributed by atoms with Crippen LogP contribution in [0.4, 0.5) is 0 Å². The minimum atomic E-state index is 0.00116. The fourth-order valence-corrected chi connectivity index (χ4v) is 2.36. The summed E-state index contributed by atoms with van der Waals surface area (Å²) in [6.45, 7) is 5.25. The SMILES string of the molecule is Cc1c(C2CNC2)oc2c(C)c(O)ccc2c1=O. The maximum atomic E-state index is 12.3. The third-order valence-electron chi connectivity index (χ3n) is 3.70. The van der Waals surface area contributed by atoms with E-state index in [9.17, 15) is 9.90 Å². The van der Waals surface area contributed by atoms with Crippen LogP contribution in [0.1, 0.15) is 22.8 Å². The zero-order chi connectivity index (χ0) is 12.9. The van der Waals surface area contributed by atoms with E-state index in [1.165, 1.54) is 0 Å². The van der Waals surface area contributed by atoms with Crippen LogP contribution in [0.25, 0.3) is 11.0 Å². The third-order valence-corrected chi connectivity index (χ3v) is 3.70. The van der Waals surface area contributed by atoms with E-state index < -0.39 is 0 Å². The van der Waals surface area contributed by atoms with Crippen LogP contribution < -0.4 is 10.7 Å². The van der Waals surface area contributed by atoms with E-state index in [0.717, 1.165) is 18.8 Å². The summed E-state index contributed by atoms with van der Waals surface area (Å²) >= 11 is 0. The van der Waals surface area contributed by atoms with E-state index in [4.69, 9.17) is 4.42 Å². The summed E-state index contributed by atoms with van der Waals surface area (Å²) in [6.07, 6.45) is 0. The van der Waals surface area contributed by atoms with Crippen molar-refractivity contribution in [1.82, 2.24) is 5.32 Å². The Morgan fingerprint density at radius 1 is 1.28 bits per heavy atom. The van der Waals surface area contributed by atoms with E-state index >= 15 is 0 Å². The monoisotopic (exact) mass is 245 g/mol. The van der Waals surface area contributed by atoms with Gasteiger partial charge in [-0.05, 0) is 26.0 Å². The first kappa shape index (κ1) is 11.3. The van der Waals surface area contributed by atoms with Gasteiger partial charge in [0.1, 0.15) is 17.1 Å². The molecule has 1 saturated heterocycles. The Bertz CT molecular complexity index is 683. The van der Waals surface area contributed by atoms with Gasteiger partial charge in [-0.25, -0.2) is 0 Å². The van der Waals surface area contributed by atoms with Crippen LogP contribution in [0.2, 0.25) is 0 Å². The molecule has 1 aromatic heterocycles. The van der Waals surface area contributed by atoms with Gasteiger partial charge in [0.2, 0.25) is 0 Å². The number of fused-ring (bicyclic) bond motifs is 1. The smallest absolute Gasteiger partial charge is 0.195 e. The van der Waals surface area contributed by atoms with Gasteiger partial charge in [-0.1, -0.05) is 0 Å². The molecule has 2 aromatic rings. The van der Waals surface area contributed by atoms with Crippen LogP contribution >= 0.6 is 0 Å². The summed E-state index contributed by atoms with van der Waals surface area (Å²) in [5, 5.41) is 13.4. The average molecular weight is 245 g/mol. The summed E-state index contributed by atoms with van der Waals surface area (Å²) in [5.74, 6) is 1.18. The normalized spacial score (nSPS) is 15.9. The van der Waals surface area contributed by atoms with E-state index in [1.807, 2.05) is 0 Å². The highest BCUT2D eigenvalue weighted by Gasteiger charge is 2.25. The number of phenols is 1. The lowest BCUT2D eigenvalue weighted by Gasteiger charge is -2.27. The first-order chi connectivity index (χ1) is 8.59. The lowest BCUT2D eigenvalue weighted by atomic mass is 9.95. The fraction of sp³-hybridized carbons (Fsp3) is 0.357. The highest BCUT2D eigenvalue weighted by atomic mass is 16.3. The van der Waals surface area contributed by atoms with Crippen LogP contribution in [0.3, 0.4) is 0 Å². The van der Waals surface area contributed by atoms with E-state index in [2.05, 4.69) is 5.32 Å². The van der Waals surface area contributed by atoms with Crippen molar-refractivity contribution in [3.8, 4) is 5.75 Å². The number of hydrogen-bond donors (Lipinski definition) is 2. The van der Waals surface area contributed by atoms with Crippen molar-refractivity contribution in [2.24, 2.45) is 0 Å². The highest BCUT2D eigenvalue weighted by Crippen LogP contribution is 2.29. The summed E-state index contributed by atoms with van der Waals surface area (Å²) in [7, 11) is 0. The molecular formula is C14H15NO3. The first-order valence-electron chi connectivity index (χ1n) is 6.06. The molecule has 18 heavy (non-hydrogen) atoms. The van der Waals surface area contributed by atoms with Gasteiger partial charge in [0.15, 0.2) is 5.43 Å². The van der Waals surface area contributed by atoms with Crippen molar-refractivity contribution in [2.45, 2.75) is 19.8 Å². The molecule has 2 heterocycles. The lowest BCUT2D eigenvalue weighted by Crippen LogP contribution is -2.40. The number of phenolic OH excluding ortho intramolecular Hbond substituents is 1. The molecule has 1 aromatic carbocycles. The number of aryl methyl sites for hydroxylation is 1. The van der Waals surface area contributed by atoms with Crippen molar-refractivity contribution < 1.29 is 9.52 Å². The standard InChI is InChI=1S/C14H15NO3/c1-7-11(16)4-3-10-12(17)8(2)13(18-14(7)10)9-5-15-6-9/h3-4,9,15-16H,5-6H2,1-2H3. The molecule has 0 radical (unpaired) electrons. The van der Waals surface area contributed by atoms with Gasteiger partial charge < -0.3 is 14.8 Å². The minimum Gasteiger partial charge on any atom is -0.508 e. The number of rotatable bonds is 1. The zero-order valence-corrected chi connectivity index (χ0v) is 10.4. The number of hydrogen-bond acceptors (Lipinski definition) is 4. The largest absolute Gasteiger partial charge is 0.508 e. The van der Waals surface area contributed by atoms with Gasteiger partial charge in [0, 0.05) is 30.1 Å². The van der Waals surface area contributed by atoms with Crippen molar-refractivity contribution in [1.29, 1.82) is 0 Å². The molecule has 0 amide bonds. The molecule has 0 bridgehead atoms. The fourth-order valence-electron chi connectivity index (χ4n) is 2.36. The molecule has 0 aliphatic carbocycles. The second-order valence-corrected chi connectivity index (χ2v) is 4.86. The Kier molecular flexibility index (Phi) is 2.41. The van der Waals surface area contributed by atoms with Crippen LogP contribution in [0, 0.1) is 13.8 Å². The van der Waals surface area contributed by atoms with Gasteiger partial charge >= 0.3 is 0 Å². The Hall–Kier alpha value is -1.81. The number of nitrogens with one attached hydrogen (secondary N) is 1. The van der Waals surface area contributed by atoms with E-state index in [-0.39, 0.29) is 17.1 Å². The molecule has 1 fully saturated rings. The molecule has 0 atom stereocenters. The predicted molar refractivity (Wildman–Crippen MR) is 69.2 cm³/mol. The second kappa shape index (κ2) is 3.85. The Morgan fingerprint density at radius 2 is 2.00 bits per heavy atom. The molecule has 0 spiro atoms. The molecule has 3 rings (SSSR count). The lowest BCUT2D eigenvalue weighted by molar-refractivity contribution is 0.371. The topological polar surface area (TPSA) is 62.5 Å². The molecular weight excluding hydrogens is 230 g/mol. The molecule has 1 aliphatic rings. The highest BCUT2D eigenvalue weighted by molar-refractivity contribution is 5.82. The van der Waals surface area contributed by atoms with Crippen LogP contribution in [-0.2, 0) is 0 Å². The van der Waals surface area contributed by atoms with E-state index in [0.29, 0.717) is 22.1 Å². The summed E-state index contributed by atoms with van der Waals surface area (Å²) in [6, 6.07) is 3.16. The van der Waals surface area contributed by atoms with Crippen LogP contribution in [0.5, 0.6) is 5.75 Å². The molecule has 4 nitrogen and oxygen atoms in total. The molecule has 0 unspecified atom stereocenters. The molecule has 4 heteroatoms. The minimum absolute atomic E-state index is 0.00116. The molecule has 1 aliphatic heterocycles. The maximum absolute atomic E-state index is 12.3. The van der Waals surface area contributed by atoms with Gasteiger partial charge in [0.05, 0.1) is 5.39 Å². The molecule has 94 valence electrons. The number of benzene rings is 1. The van der Waals surface area contributed by atoms with Crippen molar-refractivity contribution in [3.63, 3.8) is 0 Å². The van der Waals surface area contributed by atoms with Crippen molar-refractivity contribution >= 4 is 11.0 Å². The van der Waals surface area contributed by atoms with Gasteiger partial charge in [-0.15, -0.1) is 0 Å². The first-order valence-corrected chi connectivity index (χ1v) is 6.06. The zero-order valence-electron chi connectivity index (χ0n) is 10.4. The van der Waals surface area contributed by atoms with Crippen molar-refractivity contribution in [2.75, 3.05) is 13.1 Å². The summed E-state index contributed by atoms with van der Waals surface area (Å²) in [5.41, 5.74) is 1.81. The Labute approximate surface area is 104 Å². The summed E-state index contributed by atoms with van der Waals surface area (Å²) in [4.78, 5) is 12.3. The third kappa shape index (κ3) is 1.46.